The molecule has 0 atom stereocenters. The number of aromatic nitrogens is 1. The predicted octanol–water partition coefficient (Wildman–Crippen LogP) is 3.41. The number of hydrogen-bond acceptors (Lipinski definition) is 2. The van der Waals surface area contributed by atoms with Crippen molar-refractivity contribution in [3.05, 3.63) is 75.3 Å². The number of nitrogens with one attached hydrogen (secondary N) is 2. The maximum atomic E-state index is 13.0. The van der Waals surface area contributed by atoms with Gasteiger partial charge in [-0.2, -0.15) is 0 Å². The van der Waals surface area contributed by atoms with Gasteiger partial charge in [-0.1, -0.05) is 6.07 Å². The molecule has 4 rings (SSSR count). The average Bonchev–Trinajstić information content (AvgIpc) is 3.05. The second-order valence-corrected chi connectivity index (χ2v) is 5.95. The molecule has 2 aromatic carbocycles. The van der Waals surface area contributed by atoms with E-state index in [1.807, 2.05) is 0 Å². The molecule has 0 spiro atoms. The Kier molecular flexibility index (Phi) is 3.41. The highest BCUT2D eigenvalue weighted by molar-refractivity contribution is 6.11. The number of aryl methyl sites for hydroxylation is 1. The fourth-order valence-corrected chi connectivity index (χ4v) is 3.24. The molecule has 0 radical (unpaired) electrons. The number of amides is 1. The number of anilines is 1. The van der Waals surface area contributed by atoms with Crippen molar-refractivity contribution in [2.75, 3.05) is 5.32 Å². The molecule has 4 nitrogen and oxygen atoms in total. The van der Waals surface area contributed by atoms with Gasteiger partial charge in [0.1, 0.15) is 5.82 Å². The SMILES string of the molecule is O=C(Nc1ccc(F)cc1)c1cccc2c(=O)c3c([nH]c12)CCC3. The molecule has 1 aliphatic rings. The van der Waals surface area contributed by atoms with E-state index in [4.69, 9.17) is 0 Å². The molecule has 0 aliphatic heterocycles. The number of para-hydroxylation sites is 1. The number of aromatic amines is 1. The number of H-pyrrole nitrogens is 1. The first-order valence-corrected chi connectivity index (χ1v) is 7.87. The second-order valence-electron chi connectivity index (χ2n) is 5.95. The van der Waals surface area contributed by atoms with Crippen LogP contribution < -0.4 is 10.7 Å². The number of hydrogen-bond donors (Lipinski definition) is 2. The summed E-state index contributed by atoms with van der Waals surface area (Å²) >= 11 is 0. The highest BCUT2D eigenvalue weighted by Crippen LogP contribution is 2.23. The van der Waals surface area contributed by atoms with Gasteiger partial charge < -0.3 is 10.3 Å². The number of carbonyl (C=O) groups is 1. The number of benzene rings is 2. The minimum Gasteiger partial charge on any atom is -0.357 e. The van der Waals surface area contributed by atoms with Crippen molar-refractivity contribution < 1.29 is 9.18 Å². The lowest BCUT2D eigenvalue weighted by atomic mass is 10.1. The Morgan fingerprint density at radius 1 is 1.08 bits per heavy atom. The van der Waals surface area contributed by atoms with E-state index in [9.17, 15) is 14.0 Å². The molecule has 1 heterocycles. The molecule has 5 heteroatoms. The van der Waals surface area contributed by atoms with Gasteiger partial charge in [0.2, 0.25) is 0 Å². The Hall–Kier alpha value is -2.95. The summed E-state index contributed by atoms with van der Waals surface area (Å²) < 4.78 is 13.0. The molecule has 0 saturated heterocycles. The van der Waals surface area contributed by atoms with Gasteiger partial charge >= 0.3 is 0 Å². The first-order valence-electron chi connectivity index (χ1n) is 7.87. The second kappa shape index (κ2) is 5.60. The van der Waals surface area contributed by atoms with Crippen LogP contribution in [0, 0.1) is 5.82 Å². The van der Waals surface area contributed by atoms with E-state index in [0.717, 1.165) is 30.5 Å². The van der Waals surface area contributed by atoms with E-state index < -0.39 is 0 Å². The fourth-order valence-electron chi connectivity index (χ4n) is 3.24. The summed E-state index contributed by atoms with van der Waals surface area (Å²) in [7, 11) is 0. The van der Waals surface area contributed by atoms with Crippen LogP contribution in [-0.4, -0.2) is 10.9 Å². The lowest BCUT2D eigenvalue weighted by molar-refractivity contribution is 0.102. The molecule has 0 fully saturated rings. The lowest BCUT2D eigenvalue weighted by Crippen LogP contribution is -2.16. The maximum absolute atomic E-state index is 13.0. The normalized spacial score (nSPS) is 13.0. The summed E-state index contributed by atoms with van der Waals surface area (Å²) in [6.45, 7) is 0. The van der Waals surface area contributed by atoms with Gasteiger partial charge in [0, 0.05) is 22.3 Å². The Morgan fingerprint density at radius 3 is 2.67 bits per heavy atom. The molecule has 0 bridgehead atoms. The average molecular weight is 322 g/mol. The number of carbonyl (C=O) groups excluding carboxylic acids is 1. The molecule has 0 saturated carbocycles. The summed E-state index contributed by atoms with van der Waals surface area (Å²) in [5, 5.41) is 3.27. The van der Waals surface area contributed by atoms with Gasteiger partial charge in [-0.15, -0.1) is 0 Å². The highest BCUT2D eigenvalue weighted by Gasteiger charge is 2.20. The van der Waals surface area contributed by atoms with Gasteiger partial charge in [0.25, 0.3) is 5.91 Å². The third-order valence-electron chi connectivity index (χ3n) is 4.42. The Labute approximate surface area is 137 Å². The van der Waals surface area contributed by atoms with Crippen LogP contribution in [0.2, 0.25) is 0 Å². The van der Waals surface area contributed by atoms with Crippen LogP contribution >= 0.6 is 0 Å². The molecule has 1 amide bonds. The first-order chi connectivity index (χ1) is 11.6. The van der Waals surface area contributed by atoms with Gasteiger partial charge in [-0.3, -0.25) is 9.59 Å². The van der Waals surface area contributed by atoms with Gasteiger partial charge in [0.05, 0.1) is 11.1 Å². The first kappa shape index (κ1) is 14.6. The van der Waals surface area contributed by atoms with E-state index in [0.29, 0.717) is 22.2 Å². The molecular weight excluding hydrogens is 307 g/mol. The van der Waals surface area contributed by atoms with Crippen molar-refractivity contribution >= 4 is 22.5 Å². The molecule has 1 aliphatic carbocycles. The number of fused-ring (bicyclic) bond motifs is 2. The van der Waals surface area contributed by atoms with E-state index >= 15 is 0 Å². The van der Waals surface area contributed by atoms with Crippen molar-refractivity contribution in [3.63, 3.8) is 0 Å². The van der Waals surface area contributed by atoms with E-state index in [1.54, 1.807) is 18.2 Å². The Balaban J connectivity index is 1.79. The van der Waals surface area contributed by atoms with Crippen LogP contribution in [0.5, 0.6) is 0 Å². The van der Waals surface area contributed by atoms with E-state index in [1.165, 1.54) is 24.3 Å². The highest BCUT2D eigenvalue weighted by atomic mass is 19.1. The zero-order chi connectivity index (χ0) is 16.7. The maximum Gasteiger partial charge on any atom is 0.257 e. The Bertz CT molecular complexity index is 1010. The minimum atomic E-state index is -0.363. The molecular formula is C19H15FN2O2. The molecule has 120 valence electrons. The van der Waals surface area contributed by atoms with Crippen molar-refractivity contribution in [2.45, 2.75) is 19.3 Å². The topological polar surface area (TPSA) is 62.0 Å². The quantitative estimate of drug-likeness (QED) is 0.759. The summed E-state index contributed by atoms with van der Waals surface area (Å²) in [5.41, 5.74) is 3.23. The standard InChI is InChI=1S/C19H15FN2O2/c20-11-7-9-12(10-8-11)21-19(24)15-5-1-4-14-17(15)22-16-6-2-3-13(16)18(14)23/h1,4-5,7-10H,2-3,6H2,(H,21,24)(H,22,23). The van der Waals surface area contributed by atoms with Crippen molar-refractivity contribution in [3.8, 4) is 0 Å². The van der Waals surface area contributed by atoms with E-state index in [2.05, 4.69) is 10.3 Å². The van der Waals surface area contributed by atoms with Crippen LogP contribution in [0.1, 0.15) is 28.0 Å². The smallest absolute Gasteiger partial charge is 0.257 e. The minimum absolute atomic E-state index is 0.00711. The summed E-state index contributed by atoms with van der Waals surface area (Å²) in [4.78, 5) is 28.5. The monoisotopic (exact) mass is 322 g/mol. The van der Waals surface area contributed by atoms with Crippen LogP contribution in [0.4, 0.5) is 10.1 Å². The number of rotatable bonds is 2. The molecule has 24 heavy (non-hydrogen) atoms. The third kappa shape index (κ3) is 2.38. The van der Waals surface area contributed by atoms with Crippen LogP contribution in [0.3, 0.4) is 0 Å². The molecule has 3 aromatic rings. The zero-order valence-corrected chi connectivity index (χ0v) is 12.9. The number of halogens is 1. The Morgan fingerprint density at radius 2 is 1.88 bits per heavy atom. The molecule has 1 aromatic heterocycles. The van der Waals surface area contributed by atoms with Crippen LogP contribution in [0.15, 0.2) is 47.3 Å². The van der Waals surface area contributed by atoms with Gasteiger partial charge in [-0.25, -0.2) is 4.39 Å². The fraction of sp³-hybridized carbons (Fsp3) is 0.158. The van der Waals surface area contributed by atoms with Gasteiger partial charge in [0.15, 0.2) is 5.43 Å². The summed E-state index contributed by atoms with van der Waals surface area (Å²) in [6.07, 6.45) is 2.57. The predicted molar refractivity (Wildman–Crippen MR) is 90.9 cm³/mol. The lowest BCUT2D eigenvalue weighted by Gasteiger charge is -2.10. The number of pyridine rings is 1. The summed E-state index contributed by atoms with van der Waals surface area (Å²) in [6, 6.07) is 10.7. The van der Waals surface area contributed by atoms with Gasteiger partial charge in [-0.05, 0) is 55.7 Å². The van der Waals surface area contributed by atoms with Crippen LogP contribution in [-0.2, 0) is 12.8 Å². The third-order valence-corrected chi connectivity index (χ3v) is 4.42. The van der Waals surface area contributed by atoms with Crippen LogP contribution in [0.25, 0.3) is 10.9 Å². The largest absolute Gasteiger partial charge is 0.357 e. The summed E-state index contributed by atoms with van der Waals surface area (Å²) in [5.74, 6) is -0.696. The van der Waals surface area contributed by atoms with Crippen molar-refractivity contribution in [1.82, 2.24) is 4.98 Å². The van der Waals surface area contributed by atoms with Crippen molar-refractivity contribution in [1.29, 1.82) is 0 Å². The van der Waals surface area contributed by atoms with Crippen molar-refractivity contribution in [2.24, 2.45) is 0 Å². The molecule has 0 unspecified atom stereocenters. The zero-order valence-electron chi connectivity index (χ0n) is 12.9. The van der Waals surface area contributed by atoms with E-state index in [-0.39, 0.29) is 17.2 Å². The molecule has 2 N–H and O–H groups in total.